The molecule has 0 fully saturated rings. The topological polar surface area (TPSA) is 52.8 Å². The Hall–Kier alpha value is -2.94. The number of nitrogens with zero attached hydrogens (tertiary/aromatic N) is 2. The minimum atomic E-state index is -0.298. The number of hydrogen-bond donors (Lipinski definition) is 0. The van der Waals surface area contributed by atoms with E-state index < -0.39 is 0 Å². The molecule has 0 saturated heterocycles. The van der Waals surface area contributed by atoms with Crippen LogP contribution in [0.4, 0.5) is 0 Å². The van der Waals surface area contributed by atoms with Crippen LogP contribution in [-0.2, 0) is 6.42 Å². The fourth-order valence-corrected chi connectivity index (χ4v) is 7.68. The average Bonchev–Trinajstić information content (AvgIpc) is 3.23. The van der Waals surface area contributed by atoms with Crippen molar-refractivity contribution in [3.8, 4) is 11.5 Å². The van der Waals surface area contributed by atoms with E-state index in [1.165, 1.54) is 16.9 Å². The molecule has 38 heavy (non-hydrogen) atoms. The summed E-state index contributed by atoms with van der Waals surface area (Å²) in [7, 11) is 1.67. The summed E-state index contributed by atoms with van der Waals surface area (Å²) in [6.45, 7) is 2.46. The number of halogens is 2. The lowest BCUT2D eigenvalue weighted by molar-refractivity contribution is 0.337. The van der Waals surface area contributed by atoms with E-state index in [0.717, 1.165) is 55.5 Å². The standard InChI is InChI=1S/C30H24Br2N2O3S/c1-3-37-28-18(14-19(31)16-23(28)32)15-25-29(35)34-27(21-10-6-7-11-24(21)36-2)22-13-12-17-8-4-5-9-20(17)26(22)33-30(34)38-25/h4-11,14-16,27H,3,12-13H2,1-2H3/b25-15+/t27-/m0/s1. The molecule has 1 aliphatic heterocycles. The van der Waals surface area contributed by atoms with Crippen LogP contribution >= 0.6 is 43.2 Å². The molecule has 0 N–H and O–H groups in total. The summed E-state index contributed by atoms with van der Waals surface area (Å²) in [4.78, 5) is 19.9. The Labute approximate surface area is 241 Å². The average molecular weight is 652 g/mol. The second-order valence-electron chi connectivity index (χ2n) is 9.09. The van der Waals surface area contributed by atoms with Gasteiger partial charge in [-0.1, -0.05) is 69.7 Å². The molecule has 1 atom stereocenters. The first-order valence-electron chi connectivity index (χ1n) is 12.4. The molecule has 8 heteroatoms. The Morgan fingerprint density at radius 2 is 1.89 bits per heavy atom. The zero-order valence-corrected chi connectivity index (χ0v) is 24.8. The highest BCUT2D eigenvalue weighted by atomic mass is 79.9. The Morgan fingerprint density at radius 3 is 2.71 bits per heavy atom. The monoisotopic (exact) mass is 650 g/mol. The zero-order valence-electron chi connectivity index (χ0n) is 20.8. The van der Waals surface area contributed by atoms with Gasteiger partial charge in [-0.25, -0.2) is 4.99 Å². The molecule has 2 heterocycles. The van der Waals surface area contributed by atoms with Gasteiger partial charge in [0.25, 0.3) is 5.56 Å². The highest BCUT2D eigenvalue weighted by molar-refractivity contribution is 9.11. The molecule has 0 bridgehead atoms. The van der Waals surface area contributed by atoms with Gasteiger partial charge in [-0.2, -0.15) is 0 Å². The zero-order chi connectivity index (χ0) is 26.4. The maximum atomic E-state index is 14.1. The van der Waals surface area contributed by atoms with Crippen LogP contribution in [0.15, 0.2) is 85.0 Å². The first kappa shape index (κ1) is 25.3. The molecule has 5 nitrogen and oxygen atoms in total. The molecule has 0 amide bonds. The Balaban J connectivity index is 1.64. The third-order valence-corrected chi connectivity index (χ3v) is 8.95. The van der Waals surface area contributed by atoms with Crippen LogP contribution in [0.5, 0.6) is 11.5 Å². The Kier molecular flexibility index (Phi) is 6.88. The number of hydrogen-bond acceptors (Lipinski definition) is 5. The van der Waals surface area contributed by atoms with Crippen molar-refractivity contribution >= 4 is 55.0 Å². The second kappa shape index (κ2) is 10.3. The number of aryl methyl sites for hydroxylation is 1. The van der Waals surface area contributed by atoms with E-state index >= 15 is 0 Å². The van der Waals surface area contributed by atoms with Crippen LogP contribution in [-0.4, -0.2) is 18.3 Å². The van der Waals surface area contributed by atoms with Crippen LogP contribution in [0.2, 0.25) is 0 Å². The molecule has 0 unspecified atom stereocenters. The first-order valence-corrected chi connectivity index (χ1v) is 14.8. The van der Waals surface area contributed by atoms with Crippen molar-refractivity contribution in [3.05, 3.63) is 117 Å². The van der Waals surface area contributed by atoms with Crippen LogP contribution in [0.25, 0.3) is 11.8 Å². The number of thiazole rings is 1. The van der Waals surface area contributed by atoms with Gasteiger partial charge in [-0.05, 0) is 71.1 Å². The molecule has 0 saturated carbocycles. The predicted octanol–water partition coefficient (Wildman–Crippen LogP) is 6.25. The molecular weight excluding hydrogens is 628 g/mol. The quantitative estimate of drug-likeness (QED) is 0.256. The van der Waals surface area contributed by atoms with Crippen molar-refractivity contribution in [2.75, 3.05) is 13.7 Å². The summed E-state index contributed by atoms with van der Waals surface area (Å²) in [6.07, 6.45) is 3.64. The SMILES string of the molecule is CCOc1c(Br)cc(Br)cc1/C=c1/sc2n(c1=O)[C@@H](c1ccccc1OC)C1=C(N=2)c2ccccc2CC1. The van der Waals surface area contributed by atoms with Gasteiger partial charge in [0, 0.05) is 21.2 Å². The van der Waals surface area contributed by atoms with Crippen LogP contribution in [0.1, 0.15) is 41.6 Å². The van der Waals surface area contributed by atoms with E-state index in [0.29, 0.717) is 21.7 Å². The van der Waals surface area contributed by atoms with Gasteiger partial charge in [0.2, 0.25) is 0 Å². The third kappa shape index (κ3) is 4.28. The molecule has 192 valence electrons. The molecule has 3 aromatic carbocycles. The summed E-state index contributed by atoms with van der Waals surface area (Å²) in [5, 5.41) is 0. The number of fused-ring (bicyclic) bond motifs is 3. The van der Waals surface area contributed by atoms with Crippen molar-refractivity contribution in [3.63, 3.8) is 0 Å². The second-order valence-corrected chi connectivity index (χ2v) is 11.9. The van der Waals surface area contributed by atoms with Crippen LogP contribution in [0, 0.1) is 0 Å². The predicted molar refractivity (Wildman–Crippen MR) is 159 cm³/mol. The first-order chi connectivity index (χ1) is 18.5. The number of rotatable bonds is 5. The number of allylic oxidation sites excluding steroid dienone is 1. The lowest BCUT2D eigenvalue weighted by Crippen LogP contribution is -2.39. The van der Waals surface area contributed by atoms with Crippen molar-refractivity contribution < 1.29 is 9.47 Å². The number of methoxy groups -OCH3 is 1. The fraction of sp³-hybridized carbons (Fsp3) is 0.200. The summed E-state index contributed by atoms with van der Waals surface area (Å²) < 4.78 is 15.9. The largest absolute Gasteiger partial charge is 0.496 e. The third-order valence-electron chi connectivity index (χ3n) is 6.92. The normalized spacial score (nSPS) is 16.4. The number of para-hydroxylation sites is 1. The highest BCUT2D eigenvalue weighted by Gasteiger charge is 2.34. The molecule has 0 spiro atoms. The molecule has 6 rings (SSSR count). The summed E-state index contributed by atoms with van der Waals surface area (Å²) in [5.41, 5.74) is 6.25. The molecule has 4 aromatic rings. The maximum Gasteiger partial charge on any atom is 0.271 e. The number of benzene rings is 3. The van der Waals surface area contributed by atoms with Gasteiger partial charge in [0.15, 0.2) is 4.80 Å². The number of ether oxygens (including phenoxy) is 2. The highest BCUT2D eigenvalue weighted by Crippen LogP contribution is 2.43. The molecule has 1 aliphatic carbocycles. The van der Waals surface area contributed by atoms with Crippen LogP contribution in [0.3, 0.4) is 0 Å². The summed E-state index contributed by atoms with van der Waals surface area (Å²) in [5.74, 6) is 1.46. The fourth-order valence-electron chi connectivity index (χ4n) is 5.32. The Morgan fingerprint density at radius 1 is 1.11 bits per heavy atom. The van der Waals surface area contributed by atoms with Gasteiger partial charge in [-0.3, -0.25) is 9.36 Å². The van der Waals surface area contributed by atoms with E-state index in [9.17, 15) is 4.79 Å². The van der Waals surface area contributed by atoms with Gasteiger partial charge in [0.05, 0.1) is 34.5 Å². The smallest absolute Gasteiger partial charge is 0.271 e. The lowest BCUT2D eigenvalue weighted by Gasteiger charge is -2.31. The van der Waals surface area contributed by atoms with Gasteiger partial charge in [-0.15, -0.1) is 0 Å². The van der Waals surface area contributed by atoms with Crippen molar-refractivity contribution in [2.24, 2.45) is 4.99 Å². The van der Waals surface area contributed by atoms with Crippen molar-refractivity contribution in [2.45, 2.75) is 25.8 Å². The van der Waals surface area contributed by atoms with Gasteiger partial charge < -0.3 is 9.47 Å². The van der Waals surface area contributed by atoms with E-state index in [2.05, 4.69) is 62.2 Å². The summed E-state index contributed by atoms with van der Waals surface area (Å²) in [6, 6.07) is 20.0. The summed E-state index contributed by atoms with van der Waals surface area (Å²) >= 11 is 8.59. The van der Waals surface area contributed by atoms with Gasteiger partial charge >= 0.3 is 0 Å². The van der Waals surface area contributed by atoms with Crippen molar-refractivity contribution in [1.29, 1.82) is 0 Å². The molecule has 0 radical (unpaired) electrons. The minimum absolute atomic E-state index is 0.0754. The van der Waals surface area contributed by atoms with E-state index in [-0.39, 0.29) is 11.6 Å². The lowest BCUT2D eigenvalue weighted by atomic mass is 9.83. The van der Waals surface area contributed by atoms with E-state index in [1.807, 2.05) is 47.9 Å². The molecule has 2 aliphatic rings. The molecule has 1 aromatic heterocycles. The van der Waals surface area contributed by atoms with E-state index in [4.69, 9.17) is 14.5 Å². The maximum absolute atomic E-state index is 14.1. The van der Waals surface area contributed by atoms with Gasteiger partial charge in [0.1, 0.15) is 11.5 Å². The number of aromatic nitrogens is 1. The minimum Gasteiger partial charge on any atom is -0.496 e. The molecular formula is C30H24Br2N2O3S. The Bertz CT molecular complexity index is 1790. The van der Waals surface area contributed by atoms with E-state index in [1.54, 1.807) is 7.11 Å². The van der Waals surface area contributed by atoms with Crippen molar-refractivity contribution in [1.82, 2.24) is 4.57 Å². The van der Waals surface area contributed by atoms with Crippen LogP contribution < -0.4 is 24.4 Å².